The van der Waals surface area contributed by atoms with Gasteiger partial charge in [-0.3, -0.25) is 9.59 Å². The van der Waals surface area contributed by atoms with E-state index in [9.17, 15) is 14.7 Å². The quantitative estimate of drug-likeness (QED) is 0.369. The average molecular weight is 396 g/mol. The third kappa shape index (κ3) is 6.99. The SMILES string of the molecule is CCOC(=O)CNc1ccc(NC(=O)/C=C/c2ccc(C(C)(C)C)cc2)cc1O. The van der Waals surface area contributed by atoms with Gasteiger partial charge in [0.05, 0.1) is 12.3 Å². The zero-order valence-electron chi connectivity index (χ0n) is 17.3. The molecule has 2 rings (SSSR count). The summed E-state index contributed by atoms with van der Waals surface area (Å²) in [5.74, 6) is -0.796. The van der Waals surface area contributed by atoms with E-state index >= 15 is 0 Å². The lowest BCUT2D eigenvalue weighted by Crippen LogP contribution is -2.16. The molecule has 0 aliphatic carbocycles. The summed E-state index contributed by atoms with van der Waals surface area (Å²) >= 11 is 0. The van der Waals surface area contributed by atoms with E-state index in [2.05, 4.69) is 43.5 Å². The maximum absolute atomic E-state index is 12.1. The summed E-state index contributed by atoms with van der Waals surface area (Å²) in [5.41, 5.74) is 3.06. The molecule has 0 fully saturated rings. The molecule has 0 bridgehead atoms. The highest BCUT2D eigenvalue weighted by Crippen LogP contribution is 2.27. The summed E-state index contributed by atoms with van der Waals surface area (Å²) in [4.78, 5) is 23.5. The van der Waals surface area contributed by atoms with Gasteiger partial charge in [0.25, 0.3) is 0 Å². The highest BCUT2D eigenvalue weighted by Gasteiger charge is 2.12. The van der Waals surface area contributed by atoms with Crippen LogP contribution < -0.4 is 10.6 Å². The van der Waals surface area contributed by atoms with Crippen molar-refractivity contribution in [2.24, 2.45) is 0 Å². The number of ether oxygens (including phenoxy) is 1. The second kappa shape index (κ2) is 9.78. The van der Waals surface area contributed by atoms with Crippen LogP contribution in [0.5, 0.6) is 5.75 Å². The van der Waals surface area contributed by atoms with Crippen LogP contribution >= 0.6 is 0 Å². The van der Waals surface area contributed by atoms with Gasteiger partial charge in [0, 0.05) is 17.8 Å². The minimum atomic E-state index is -0.412. The molecule has 0 aliphatic rings. The Balaban J connectivity index is 1.94. The maximum atomic E-state index is 12.1. The van der Waals surface area contributed by atoms with Gasteiger partial charge in [-0.05, 0) is 41.7 Å². The third-order valence-corrected chi connectivity index (χ3v) is 4.20. The predicted molar refractivity (Wildman–Crippen MR) is 116 cm³/mol. The number of anilines is 2. The smallest absolute Gasteiger partial charge is 0.325 e. The van der Waals surface area contributed by atoms with Crippen molar-refractivity contribution in [2.45, 2.75) is 33.1 Å². The van der Waals surface area contributed by atoms with Gasteiger partial charge >= 0.3 is 5.97 Å². The van der Waals surface area contributed by atoms with E-state index in [4.69, 9.17) is 4.74 Å². The molecule has 154 valence electrons. The Morgan fingerprint density at radius 2 is 1.79 bits per heavy atom. The van der Waals surface area contributed by atoms with Crippen molar-refractivity contribution in [3.8, 4) is 5.75 Å². The van der Waals surface area contributed by atoms with Crippen LogP contribution in [-0.2, 0) is 19.7 Å². The lowest BCUT2D eigenvalue weighted by atomic mass is 9.87. The van der Waals surface area contributed by atoms with Gasteiger partial charge in [0.15, 0.2) is 0 Å². The second-order valence-electron chi connectivity index (χ2n) is 7.59. The van der Waals surface area contributed by atoms with E-state index in [1.807, 2.05) is 12.1 Å². The molecule has 6 heteroatoms. The molecule has 29 heavy (non-hydrogen) atoms. The summed E-state index contributed by atoms with van der Waals surface area (Å²) in [6, 6.07) is 12.7. The van der Waals surface area contributed by atoms with E-state index in [-0.39, 0.29) is 23.6 Å². The molecule has 0 spiro atoms. The Kier molecular flexibility index (Phi) is 7.42. The van der Waals surface area contributed by atoms with Crippen molar-refractivity contribution in [1.29, 1.82) is 0 Å². The fourth-order valence-electron chi connectivity index (χ4n) is 2.59. The number of carbonyl (C=O) groups excluding carboxylic acids is 2. The largest absolute Gasteiger partial charge is 0.506 e. The van der Waals surface area contributed by atoms with E-state index in [0.29, 0.717) is 18.0 Å². The summed E-state index contributed by atoms with van der Waals surface area (Å²) < 4.78 is 4.82. The average Bonchev–Trinajstić information content (AvgIpc) is 2.65. The number of phenols is 1. The lowest BCUT2D eigenvalue weighted by Gasteiger charge is -2.18. The minimum absolute atomic E-state index is 0.0517. The fourth-order valence-corrected chi connectivity index (χ4v) is 2.59. The molecular weight excluding hydrogens is 368 g/mol. The summed E-state index contributed by atoms with van der Waals surface area (Å²) in [6.45, 7) is 8.42. The normalized spacial score (nSPS) is 11.3. The third-order valence-electron chi connectivity index (χ3n) is 4.20. The van der Waals surface area contributed by atoms with Gasteiger partial charge in [0.2, 0.25) is 5.91 Å². The van der Waals surface area contributed by atoms with Crippen molar-refractivity contribution < 1.29 is 19.4 Å². The Hall–Kier alpha value is -3.28. The van der Waals surface area contributed by atoms with Gasteiger partial charge in [-0.1, -0.05) is 45.0 Å². The fraction of sp³-hybridized carbons (Fsp3) is 0.304. The first kappa shape index (κ1) is 22.0. The number of phenolic OH excluding ortho intramolecular Hbond substituents is 1. The van der Waals surface area contributed by atoms with Crippen molar-refractivity contribution in [3.63, 3.8) is 0 Å². The van der Waals surface area contributed by atoms with Crippen LogP contribution in [0.2, 0.25) is 0 Å². The zero-order chi connectivity index (χ0) is 21.4. The van der Waals surface area contributed by atoms with Crippen LogP contribution in [0, 0.1) is 0 Å². The molecule has 2 aromatic carbocycles. The van der Waals surface area contributed by atoms with E-state index in [1.54, 1.807) is 25.1 Å². The van der Waals surface area contributed by atoms with Crippen molar-refractivity contribution in [1.82, 2.24) is 0 Å². The lowest BCUT2D eigenvalue weighted by molar-refractivity contribution is -0.140. The van der Waals surface area contributed by atoms with Crippen LogP contribution in [0.1, 0.15) is 38.8 Å². The Labute approximate surface area is 171 Å². The first-order chi connectivity index (χ1) is 13.7. The molecule has 0 atom stereocenters. The molecule has 6 nitrogen and oxygen atoms in total. The number of rotatable bonds is 7. The molecule has 0 saturated carbocycles. The van der Waals surface area contributed by atoms with Gasteiger partial charge in [-0.25, -0.2) is 0 Å². The number of benzene rings is 2. The Morgan fingerprint density at radius 1 is 1.10 bits per heavy atom. The van der Waals surface area contributed by atoms with Gasteiger partial charge in [-0.2, -0.15) is 0 Å². The van der Waals surface area contributed by atoms with Crippen molar-refractivity contribution in [2.75, 3.05) is 23.8 Å². The highest BCUT2D eigenvalue weighted by molar-refractivity contribution is 6.02. The summed E-state index contributed by atoms with van der Waals surface area (Å²) in [7, 11) is 0. The summed E-state index contributed by atoms with van der Waals surface area (Å²) in [5, 5.41) is 15.5. The molecule has 0 unspecified atom stereocenters. The molecule has 3 N–H and O–H groups in total. The molecule has 1 amide bonds. The van der Waals surface area contributed by atoms with Crippen LogP contribution in [0.4, 0.5) is 11.4 Å². The predicted octanol–water partition coefficient (Wildman–Crippen LogP) is 4.32. The highest BCUT2D eigenvalue weighted by atomic mass is 16.5. The number of aromatic hydroxyl groups is 1. The number of carbonyl (C=O) groups is 2. The van der Waals surface area contributed by atoms with Gasteiger partial charge < -0.3 is 20.5 Å². The number of hydrogen-bond acceptors (Lipinski definition) is 5. The first-order valence-electron chi connectivity index (χ1n) is 9.51. The molecule has 0 aliphatic heterocycles. The second-order valence-corrected chi connectivity index (χ2v) is 7.59. The standard InChI is InChI=1S/C23H28N2O4/c1-5-29-22(28)15-24-19-12-11-18(14-20(19)26)25-21(27)13-8-16-6-9-17(10-7-16)23(2,3)4/h6-14,24,26H,5,15H2,1-4H3,(H,25,27)/b13-8+. The number of nitrogens with one attached hydrogen (secondary N) is 2. The zero-order valence-corrected chi connectivity index (χ0v) is 17.3. The van der Waals surface area contributed by atoms with Crippen molar-refractivity contribution >= 4 is 29.3 Å². The first-order valence-corrected chi connectivity index (χ1v) is 9.51. The molecule has 2 aromatic rings. The van der Waals surface area contributed by atoms with Crippen molar-refractivity contribution in [3.05, 3.63) is 59.7 Å². The minimum Gasteiger partial charge on any atom is -0.506 e. The molecule has 0 radical (unpaired) electrons. The topological polar surface area (TPSA) is 87.7 Å². The molecule has 0 heterocycles. The monoisotopic (exact) mass is 396 g/mol. The number of hydrogen-bond donors (Lipinski definition) is 3. The maximum Gasteiger partial charge on any atom is 0.325 e. The van der Waals surface area contributed by atoms with Crippen LogP contribution in [0.15, 0.2) is 48.5 Å². The van der Waals surface area contributed by atoms with Gasteiger partial charge in [-0.15, -0.1) is 0 Å². The van der Waals surface area contributed by atoms with E-state index < -0.39 is 5.97 Å². The van der Waals surface area contributed by atoms with Gasteiger partial charge in [0.1, 0.15) is 12.3 Å². The van der Waals surface area contributed by atoms with E-state index in [0.717, 1.165) is 5.56 Å². The van der Waals surface area contributed by atoms with Crippen LogP contribution in [0.3, 0.4) is 0 Å². The molecule has 0 aromatic heterocycles. The van der Waals surface area contributed by atoms with Crippen LogP contribution in [0.25, 0.3) is 6.08 Å². The number of amides is 1. The van der Waals surface area contributed by atoms with E-state index in [1.165, 1.54) is 17.7 Å². The van der Waals surface area contributed by atoms with Crippen LogP contribution in [-0.4, -0.2) is 30.1 Å². The molecule has 0 saturated heterocycles. The number of esters is 1. The summed E-state index contributed by atoms with van der Waals surface area (Å²) in [6.07, 6.45) is 3.17. The molecular formula is C23H28N2O4. The Bertz CT molecular complexity index is 881. The Morgan fingerprint density at radius 3 is 2.38 bits per heavy atom.